The first kappa shape index (κ1) is 66.8. The van der Waals surface area contributed by atoms with Gasteiger partial charge in [0.05, 0.1) is 55.2 Å². The molecule has 2 aliphatic carbocycles. The van der Waals surface area contributed by atoms with Crippen LogP contribution < -0.4 is 0 Å². The highest BCUT2D eigenvalue weighted by molar-refractivity contribution is 6.17. The van der Waals surface area contributed by atoms with Crippen LogP contribution in [0.4, 0.5) is 0 Å². The fourth-order valence-corrected chi connectivity index (χ4v) is 21.0. The number of furan rings is 1. The fraction of sp³-hybridized carbons (Fsp3) is 0.0541. The van der Waals surface area contributed by atoms with Crippen LogP contribution in [-0.2, 0) is 10.8 Å². The van der Waals surface area contributed by atoms with E-state index in [0.29, 0.717) is 17.7 Å². The molecule has 0 fully saturated rings. The van der Waals surface area contributed by atoms with Crippen molar-refractivity contribution in [1.29, 1.82) is 0 Å². The monoisotopic (exact) mass is 1530 g/mol. The summed E-state index contributed by atoms with van der Waals surface area (Å²) in [6, 6.07) is 134. The summed E-state index contributed by atoms with van der Waals surface area (Å²) in [4.78, 5) is 17.3. The summed E-state index contributed by atoms with van der Waals surface area (Å²) >= 11 is 0. The van der Waals surface area contributed by atoms with E-state index in [1.807, 2.05) is 12.1 Å². The Labute approximate surface area is 689 Å². The van der Waals surface area contributed by atoms with E-state index >= 15 is 0 Å². The van der Waals surface area contributed by atoms with E-state index in [-0.39, 0.29) is 5.41 Å². The molecule has 26 rings (SSSR count). The lowest BCUT2D eigenvalue weighted by atomic mass is 9.82. The second kappa shape index (κ2) is 24.6. The van der Waals surface area contributed by atoms with E-state index in [1.165, 1.54) is 98.9 Å². The highest BCUT2D eigenvalue weighted by atomic mass is 16.3. The van der Waals surface area contributed by atoms with Gasteiger partial charge in [0, 0.05) is 98.1 Å². The Morgan fingerprint density at radius 3 is 1.12 bits per heavy atom. The maximum atomic E-state index is 6.33. The molecule has 17 aromatic carbocycles. The van der Waals surface area contributed by atoms with Crippen molar-refractivity contribution in [3.8, 4) is 96.0 Å². The molecule has 7 heterocycles. The molecule has 0 bridgehead atoms. The van der Waals surface area contributed by atoms with Crippen LogP contribution in [0.15, 0.2) is 368 Å². The van der Waals surface area contributed by atoms with Crippen LogP contribution in [0.25, 0.3) is 227 Å². The van der Waals surface area contributed by atoms with Crippen LogP contribution in [0.2, 0.25) is 0 Å². The molecule has 0 spiro atoms. The van der Waals surface area contributed by atoms with Crippen LogP contribution >= 0.6 is 0 Å². The predicted octanol–water partition coefficient (Wildman–Crippen LogP) is 28.5. The molecule has 0 N–H and O–H groups in total. The minimum Gasteiger partial charge on any atom is -0.456 e. The molecule has 0 saturated heterocycles. The zero-order chi connectivity index (χ0) is 79.1. The average molecular weight is 1530 g/mol. The molecule has 9 heteroatoms. The molecular formula is C111H72N8O. The van der Waals surface area contributed by atoms with E-state index in [0.717, 1.165) is 133 Å². The van der Waals surface area contributed by atoms with Gasteiger partial charge in [-0.05, 0) is 223 Å². The Balaban J connectivity index is 0.647. The first-order valence-electron chi connectivity index (χ1n) is 41.4. The first-order chi connectivity index (χ1) is 59.0. The largest absolute Gasteiger partial charge is 0.456 e. The third kappa shape index (κ3) is 9.45. The van der Waals surface area contributed by atoms with E-state index in [1.54, 1.807) is 0 Å². The van der Waals surface area contributed by atoms with E-state index in [9.17, 15) is 0 Å². The lowest BCUT2D eigenvalue weighted by Crippen LogP contribution is -2.16. The number of hydrogen-bond acceptors (Lipinski definition) is 4. The minimum absolute atomic E-state index is 0.253. The van der Waals surface area contributed by atoms with Gasteiger partial charge >= 0.3 is 0 Å². The number of hydrogen-bond donors (Lipinski definition) is 0. The number of rotatable bonds is 9. The van der Waals surface area contributed by atoms with Crippen molar-refractivity contribution < 1.29 is 4.42 Å². The Morgan fingerprint density at radius 1 is 0.200 bits per heavy atom. The van der Waals surface area contributed by atoms with Crippen molar-refractivity contribution in [2.45, 2.75) is 38.5 Å². The van der Waals surface area contributed by atoms with Crippen LogP contribution in [0.1, 0.15) is 49.9 Å². The summed E-state index contributed by atoms with van der Waals surface area (Å²) in [6.45, 7) is 9.50. The molecule has 0 atom stereocenters. The smallest absolute Gasteiger partial charge is 0.240 e. The van der Waals surface area contributed by atoms with Crippen molar-refractivity contribution >= 4 is 131 Å². The second-order valence-electron chi connectivity index (χ2n) is 33.8. The highest BCUT2D eigenvalue weighted by Gasteiger charge is 2.39. The van der Waals surface area contributed by atoms with E-state index in [4.69, 9.17) is 19.4 Å². The van der Waals surface area contributed by atoms with Crippen molar-refractivity contribution in [2.75, 3.05) is 0 Å². The summed E-state index contributed by atoms with van der Waals surface area (Å²) in [7, 11) is 0. The van der Waals surface area contributed by atoms with E-state index in [2.05, 4.69) is 402 Å². The molecule has 0 amide bonds. The van der Waals surface area contributed by atoms with Crippen LogP contribution in [0.5, 0.6) is 0 Å². The third-order valence-electron chi connectivity index (χ3n) is 26.8. The number of para-hydroxylation sites is 7. The number of fused-ring (bicyclic) bond motifs is 24. The normalized spacial score (nSPS) is 13.5. The maximum absolute atomic E-state index is 6.33. The van der Waals surface area contributed by atoms with E-state index < -0.39 is 5.41 Å². The van der Waals surface area contributed by atoms with Gasteiger partial charge in [-0.2, -0.15) is 15.0 Å². The molecule has 0 unspecified atom stereocenters. The number of benzene rings is 17. The quantitative estimate of drug-likeness (QED) is 0.144. The summed E-state index contributed by atoms with van der Waals surface area (Å²) in [6.07, 6.45) is 0. The van der Waals surface area contributed by atoms with Gasteiger partial charge in [-0.25, -0.2) is 0 Å². The zero-order valence-electron chi connectivity index (χ0n) is 66.1. The van der Waals surface area contributed by atoms with Gasteiger partial charge in [-0.1, -0.05) is 246 Å². The molecule has 7 aromatic heterocycles. The predicted molar refractivity (Wildman–Crippen MR) is 496 cm³/mol. The van der Waals surface area contributed by atoms with Crippen molar-refractivity contribution in [3.05, 3.63) is 386 Å². The zero-order valence-corrected chi connectivity index (χ0v) is 66.1. The maximum Gasteiger partial charge on any atom is 0.240 e. The van der Waals surface area contributed by atoms with Crippen molar-refractivity contribution in [1.82, 2.24) is 37.8 Å². The average Bonchev–Trinajstić information content (AvgIpc) is 1.63. The Hall–Kier alpha value is -15.5. The van der Waals surface area contributed by atoms with Crippen LogP contribution in [0, 0.1) is 0 Å². The topological polar surface area (TPSA) is 76.5 Å². The summed E-state index contributed by atoms with van der Waals surface area (Å²) < 4.78 is 18.2. The minimum atomic E-state index is -0.482. The van der Waals surface area contributed by atoms with Crippen molar-refractivity contribution in [2.24, 2.45) is 0 Å². The fourth-order valence-electron chi connectivity index (χ4n) is 21.0. The van der Waals surface area contributed by atoms with Gasteiger partial charge in [-0.15, -0.1) is 0 Å². The van der Waals surface area contributed by atoms with Gasteiger partial charge in [0.15, 0.2) is 5.82 Å². The number of aromatic nitrogens is 8. The Bertz CT molecular complexity index is 8400. The lowest BCUT2D eigenvalue weighted by molar-refractivity contribution is 0.660. The SMILES string of the molecule is CC1(C)c2cc(-c3nc(-n4c5ccccc5c5cc(-c6ccc7oc8ccccc8c7c6)ccc54)nc(-n4c5ccccc5c5cc6c(cc54)C(C)(C)c4ccccc4-6)n3)ccc2-c2ccc(-n3c4cc(-c5ccc6c(c5)c5ccccc5n6-c5ccccc5)ccc4c4ccc(-c5ccc6c(c5)c5ccccc5n6-c5ccccc5)cc43)cc21. The molecule has 0 saturated carbocycles. The van der Waals surface area contributed by atoms with Gasteiger partial charge < -0.3 is 18.1 Å². The molecule has 562 valence electrons. The van der Waals surface area contributed by atoms with Crippen LogP contribution in [0.3, 0.4) is 0 Å². The highest BCUT2D eigenvalue weighted by Crippen LogP contribution is 2.54. The van der Waals surface area contributed by atoms with Gasteiger partial charge in [0.1, 0.15) is 11.2 Å². The lowest BCUT2D eigenvalue weighted by Gasteiger charge is -2.23. The van der Waals surface area contributed by atoms with Gasteiger partial charge in [0.25, 0.3) is 0 Å². The summed E-state index contributed by atoms with van der Waals surface area (Å²) in [5.41, 5.74) is 33.2. The second-order valence-corrected chi connectivity index (χ2v) is 33.8. The molecule has 2 aliphatic rings. The molecular weight excluding hydrogens is 1460 g/mol. The molecule has 120 heavy (non-hydrogen) atoms. The molecule has 0 aliphatic heterocycles. The molecule has 24 aromatic rings. The molecule has 9 nitrogen and oxygen atoms in total. The first-order valence-corrected chi connectivity index (χ1v) is 41.4. The Kier molecular flexibility index (Phi) is 13.7. The van der Waals surface area contributed by atoms with Gasteiger partial charge in [-0.3, -0.25) is 9.13 Å². The van der Waals surface area contributed by atoms with Gasteiger partial charge in [0.2, 0.25) is 11.9 Å². The summed E-state index contributed by atoms with van der Waals surface area (Å²) in [5, 5.41) is 13.9. The standard InChI is InChI=1S/C111H72N8O/c1-110(2)91-33-17-11-27-75(91)85-63-89-81-31-15-21-37-98(81)119(104(89)64-94(85)110)109-113-107(112-108(114-109)118-97-36-20-14-30-80(97)88-55-65(44-53-101(88)118)68-45-54-106-90(58-68)84-32-16-22-38-105(84)120-106)71-41-47-76-77-50-46-74(62-93(77)111(3,4)92(76)59-71)117-102-60-69(66-42-51-99-86(56-66)78-28-12-18-34-95(78)115(99)72-23-7-5-8-24-72)39-48-82(102)83-49-40-70(61-103(83)117)67-43-52-100-87(57-67)79-29-13-19-35-96(79)116(100)73-25-9-6-10-26-73/h5-64H,1-4H3. The van der Waals surface area contributed by atoms with Crippen molar-refractivity contribution in [3.63, 3.8) is 0 Å². The molecule has 0 radical (unpaired) electrons. The Morgan fingerprint density at radius 2 is 0.558 bits per heavy atom. The third-order valence-corrected chi connectivity index (χ3v) is 26.8. The summed E-state index contributed by atoms with van der Waals surface area (Å²) in [5.74, 6) is 1.64. The van der Waals surface area contributed by atoms with Crippen LogP contribution in [-0.4, -0.2) is 37.8 Å². The number of nitrogens with zero attached hydrogens (tertiary/aromatic N) is 8.